The van der Waals surface area contributed by atoms with Crippen LogP contribution in [0.5, 0.6) is 0 Å². The van der Waals surface area contributed by atoms with E-state index in [1.807, 2.05) is 11.5 Å². The molecule has 1 fully saturated rings. The van der Waals surface area contributed by atoms with Gasteiger partial charge in [0.2, 0.25) is 5.43 Å². The van der Waals surface area contributed by atoms with Crippen molar-refractivity contribution in [2.24, 2.45) is 0 Å². The highest BCUT2D eigenvalue weighted by molar-refractivity contribution is 6.36. The summed E-state index contributed by atoms with van der Waals surface area (Å²) in [7, 11) is 2.06. The molecule has 2 aliphatic heterocycles. The summed E-state index contributed by atoms with van der Waals surface area (Å²) in [5.74, 6) is -0.685. The quantitative estimate of drug-likeness (QED) is 0.715. The van der Waals surface area contributed by atoms with Gasteiger partial charge >= 0.3 is 5.97 Å². The summed E-state index contributed by atoms with van der Waals surface area (Å²) in [6.45, 7) is 7.02. The van der Waals surface area contributed by atoms with Crippen LogP contribution in [0.1, 0.15) is 47.0 Å². The Kier molecular flexibility index (Phi) is 5.12. The lowest BCUT2D eigenvalue weighted by atomic mass is 9.92. The lowest BCUT2D eigenvalue weighted by molar-refractivity contribution is 0.0524. The van der Waals surface area contributed by atoms with E-state index in [1.54, 1.807) is 13.0 Å². The zero-order chi connectivity index (χ0) is 20.9. The molecule has 3 heterocycles. The van der Waals surface area contributed by atoms with E-state index < -0.39 is 11.4 Å². The predicted octanol–water partition coefficient (Wildman–Crippen LogP) is 2.73. The Morgan fingerprint density at radius 1 is 1.24 bits per heavy atom. The van der Waals surface area contributed by atoms with E-state index in [9.17, 15) is 14.4 Å². The van der Waals surface area contributed by atoms with Crippen LogP contribution in [0, 0.1) is 0 Å². The van der Waals surface area contributed by atoms with E-state index in [2.05, 4.69) is 16.8 Å². The maximum absolute atomic E-state index is 13.1. The number of aromatic nitrogens is 1. The maximum atomic E-state index is 13.1. The van der Waals surface area contributed by atoms with Gasteiger partial charge in [-0.1, -0.05) is 11.6 Å². The topological polar surface area (TPSA) is 71.8 Å². The monoisotopic (exact) mass is 417 g/mol. The molecule has 1 aromatic heterocycles. The Labute approximate surface area is 173 Å². The number of hydrogen-bond donors (Lipinski definition) is 0. The number of ether oxygens (including phenoxy) is 1. The number of nitrogens with zero attached hydrogens (tertiary/aromatic N) is 3. The molecule has 0 bridgehead atoms. The number of ketones is 1. The van der Waals surface area contributed by atoms with E-state index in [0.717, 1.165) is 26.2 Å². The minimum absolute atomic E-state index is 0.0257. The number of carbonyl (C=O) groups excluding carboxylic acids is 2. The molecule has 1 atom stereocenters. The smallest absolute Gasteiger partial charge is 0.343 e. The number of carbonyl (C=O) groups is 2. The van der Waals surface area contributed by atoms with E-state index in [4.69, 9.17) is 16.3 Å². The van der Waals surface area contributed by atoms with Crippen LogP contribution in [0.15, 0.2) is 17.1 Å². The second-order valence-electron chi connectivity index (χ2n) is 7.74. The summed E-state index contributed by atoms with van der Waals surface area (Å²) >= 11 is 6.63. The zero-order valence-corrected chi connectivity index (χ0v) is 17.6. The summed E-state index contributed by atoms with van der Waals surface area (Å²) < 4.78 is 6.91. The van der Waals surface area contributed by atoms with Crippen LogP contribution in [0.3, 0.4) is 0 Å². The standard InChI is InChI=1S/C21H24ClN3O4/c1-4-29-21(28)14-11-25-12(2)9-16(26)17-18(25)13(20(14)27)10-15(22)19(17)24-7-5-23(3)6-8-24/h10-12H,4-9H2,1-3H3. The molecule has 2 aromatic rings. The van der Waals surface area contributed by atoms with Gasteiger partial charge in [0.1, 0.15) is 5.56 Å². The lowest BCUT2D eigenvalue weighted by Gasteiger charge is -2.37. The Bertz CT molecular complexity index is 1070. The number of pyridine rings is 1. The van der Waals surface area contributed by atoms with Crippen molar-refractivity contribution in [2.75, 3.05) is 44.7 Å². The number of halogens is 1. The minimum atomic E-state index is -0.659. The average Bonchev–Trinajstić information content (AvgIpc) is 2.68. The molecule has 0 saturated carbocycles. The molecule has 0 spiro atoms. The fraction of sp³-hybridized carbons (Fsp3) is 0.476. The molecule has 1 aromatic carbocycles. The van der Waals surface area contributed by atoms with Crippen LogP contribution >= 0.6 is 11.6 Å². The van der Waals surface area contributed by atoms with Crippen LogP contribution in [0.25, 0.3) is 10.9 Å². The van der Waals surface area contributed by atoms with Crippen LogP contribution in [0.4, 0.5) is 5.69 Å². The third kappa shape index (κ3) is 3.22. The zero-order valence-electron chi connectivity index (χ0n) is 16.8. The normalized spacial score (nSPS) is 19.7. The molecule has 1 unspecified atom stereocenters. The molecule has 2 aliphatic rings. The summed E-state index contributed by atoms with van der Waals surface area (Å²) in [6.07, 6.45) is 1.82. The van der Waals surface area contributed by atoms with E-state index >= 15 is 0 Å². The van der Waals surface area contributed by atoms with Gasteiger partial charge in [0.15, 0.2) is 5.78 Å². The SMILES string of the molecule is CCOC(=O)c1cn2c3c(c(N4CCN(C)CC4)c(Cl)cc3c1=O)C(=O)CC2C. The number of anilines is 1. The third-order valence-electron chi connectivity index (χ3n) is 5.79. The van der Waals surface area contributed by atoms with Gasteiger partial charge in [-0.3, -0.25) is 9.59 Å². The van der Waals surface area contributed by atoms with Crippen molar-refractivity contribution < 1.29 is 14.3 Å². The van der Waals surface area contributed by atoms with Gasteiger partial charge in [0.25, 0.3) is 0 Å². The number of Topliss-reactive ketones (excluding diaryl/α,β-unsaturated/α-hetero) is 1. The van der Waals surface area contributed by atoms with Gasteiger partial charge in [-0.05, 0) is 27.0 Å². The molecule has 1 saturated heterocycles. The average molecular weight is 418 g/mol. The molecular weight excluding hydrogens is 394 g/mol. The summed E-state index contributed by atoms with van der Waals surface area (Å²) in [5, 5.41) is 0.651. The fourth-order valence-electron chi connectivity index (χ4n) is 4.25. The van der Waals surface area contributed by atoms with Gasteiger partial charge in [0, 0.05) is 50.2 Å². The second-order valence-corrected chi connectivity index (χ2v) is 8.15. The maximum Gasteiger partial charge on any atom is 0.343 e. The second kappa shape index (κ2) is 7.46. The van der Waals surface area contributed by atoms with Crippen LogP contribution in [0.2, 0.25) is 5.02 Å². The van der Waals surface area contributed by atoms with Crippen molar-refractivity contribution >= 4 is 39.9 Å². The Morgan fingerprint density at radius 2 is 1.93 bits per heavy atom. The first-order chi connectivity index (χ1) is 13.8. The largest absolute Gasteiger partial charge is 0.462 e. The van der Waals surface area contributed by atoms with Gasteiger partial charge in [-0.2, -0.15) is 0 Å². The van der Waals surface area contributed by atoms with Crippen LogP contribution < -0.4 is 10.3 Å². The highest BCUT2D eigenvalue weighted by atomic mass is 35.5. The van der Waals surface area contributed by atoms with Crippen molar-refractivity contribution in [1.82, 2.24) is 9.47 Å². The minimum Gasteiger partial charge on any atom is -0.462 e. The summed E-state index contributed by atoms with van der Waals surface area (Å²) in [5.41, 5.74) is 1.26. The van der Waals surface area contributed by atoms with E-state index in [-0.39, 0.29) is 35.8 Å². The van der Waals surface area contributed by atoms with Gasteiger partial charge < -0.3 is 19.1 Å². The Balaban J connectivity index is 2.01. The molecular formula is C21H24ClN3O4. The van der Waals surface area contributed by atoms with Gasteiger partial charge in [-0.25, -0.2) is 4.79 Å². The first-order valence-electron chi connectivity index (χ1n) is 9.88. The molecule has 0 radical (unpaired) electrons. The first kappa shape index (κ1) is 19.9. The van der Waals surface area contributed by atoms with Gasteiger partial charge in [0.05, 0.1) is 28.4 Å². The lowest BCUT2D eigenvalue weighted by Crippen LogP contribution is -2.45. The number of likely N-dealkylation sites (N-methyl/N-ethyl adjacent to an activating group) is 1. The van der Waals surface area contributed by atoms with E-state index in [1.165, 1.54) is 6.20 Å². The van der Waals surface area contributed by atoms with Crippen LogP contribution in [-0.2, 0) is 4.74 Å². The van der Waals surface area contributed by atoms with E-state index in [0.29, 0.717) is 21.8 Å². The molecule has 29 heavy (non-hydrogen) atoms. The highest BCUT2D eigenvalue weighted by Gasteiger charge is 2.33. The van der Waals surface area contributed by atoms with Crippen LogP contribution in [-0.4, -0.2) is 61.1 Å². The van der Waals surface area contributed by atoms with Crippen molar-refractivity contribution in [2.45, 2.75) is 26.3 Å². The summed E-state index contributed by atoms with van der Waals surface area (Å²) in [4.78, 5) is 42.9. The molecule has 0 N–H and O–H groups in total. The van der Waals surface area contributed by atoms with Crippen molar-refractivity contribution in [3.8, 4) is 0 Å². The molecule has 154 valence electrons. The fourth-order valence-corrected chi connectivity index (χ4v) is 4.58. The van der Waals surface area contributed by atoms with Crippen molar-refractivity contribution in [3.05, 3.63) is 38.6 Å². The number of piperazine rings is 1. The predicted molar refractivity (Wildman–Crippen MR) is 113 cm³/mol. The molecule has 0 amide bonds. The third-order valence-corrected chi connectivity index (χ3v) is 6.08. The Morgan fingerprint density at radius 3 is 2.59 bits per heavy atom. The Hall–Kier alpha value is -2.38. The molecule has 0 aliphatic carbocycles. The highest BCUT2D eigenvalue weighted by Crippen LogP contribution is 2.41. The first-order valence-corrected chi connectivity index (χ1v) is 10.3. The number of hydrogen-bond acceptors (Lipinski definition) is 6. The molecule has 7 nitrogen and oxygen atoms in total. The van der Waals surface area contributed by atoms with Crippen molar-refractivity contribution in [3.63, 3.8) is 0 Å². The molecule has 8 heteroatoms. The number of benzene rings is 1. The molecule has 4 rings (SSSR count). The number of esters is 1. The summed E-state index contributed by atoms with van der Waals surface area (Å²) in [6, 6.07) is 1.42. The number of rotatable bonds is 3. The van der Waals surface area contributed by atoms with Crippen molar-refractivity contribution in [1.29, 1.82) is 0 Å². The van der Waals surface area contributed by atoms with Gasteiger partial charge in [-0.15, -0.1) is 0 Å².